The number of rotatable bonds is 15. The van der Waals surface area contributed by atoms with Gasteiger partial charge in [0.15, 0.2) is 0 Å². The lowest BCUT2D eigenvalue weighted by Gasteiger charge is -2.16. The monoisotopic (exact) mass is 637 g/mol. The van der Waals surface area contributed by atoms with Gasteiger partial charge in [0.2, 0.25) is 0 Å². The van der Waals surface area contributed by atoms with Crippen molar-refractivity contribution in [1.82, 2.24) is 4.57 Å². The van der Waals surface area contributed by atoms with Crippen LogP contribution in [0.1, 0.15) is 57.0 Å². The van der Waals surface area contributed by atoms with E-state index in [0.717, 1.165) is 14.2 Å². The summed E-state index contributed by atoms with van der Waals surface area (Å²) in [6.45, 7) is 3.79. The summed E-state index contributed by atoms with van der Waals surface area (Å²) in [5.74, 6) is -3.41. The zero-order chi connectivity index (χ0) is 34.0. The van der Waals surface area contributed by atoms with Crippen LogP contribution < -0.4 is 0 Å². The molecule has 3 rings (SSSR count). The van der Waals surface area contributed by atoms with E-state index in [0.29, 0.717) is 33.6 Å². The molecule has 11 heteroatoms. The first-order valence-electron chi connectivity index (χ1n) is 14.5. The third kappa shape index (κ3) is 9.63. The number of ether oxygens (including phenoxy) is 2. The van der Waals surface area contributed by atoms with Gasteiger partial charge in [-0.3, -0.25) is 19.2 Å². The number of ketones is 2. The first-order chi connectivity index (χ1) is 21.8. The number of aliphatic hydroxyl groups excluding tert-OH is 2. The number of nitrogens with zero attached hydrogens (tertiary/aromatic N) is 1. The molecule has 0 spiro atoms. The van der Waals surface area contributed by atoms with Crippen molar-refractivity contribution in [3.8, 4) is 22.3 Å². The second kappa shape index (κ2) is 16.5. The second-order valence-electron chi connectivity index (χ2n) is 10.8. The van der Waals surface area contributed by atoms with Crippen LogP contribution in [0, 0.1) is 11.6 Å². The molecule has 2 atom stereocenters. The number of Topliss-reactive ketones (excluding diaryl/α,β-unsaturated/α-hetero) is 2. The molecule has 1 heterocycles. The van der Waals surface area contributed by atoms with Gasteiger partial charge < -0.3 is 24.3 Å². The zero-order valence-corrected chi connectivity index (χ0v) is 26.0. The van der Waals surface area contributed by atoms with Gasteiger partial charge >= 0.3 is 11.9 Å². The van der Waals surface area contributed by atoms with Crippen molar-refractivity contribution in [3.63, 3.8) is 0 Å². The minimum Gasteiger partial charge on any atom is -0.469 e. The lowest BCUT2D eigenvalue weighted by Crippen LogP contribution is -2.15. The van der Waals surface area contributed by atoms with E-state index in [4.69, 9.17) is 0 Å². The molecule has 244 valence electrons. The van der Waals surface area contributed by atoms with E-state index in [1.165, 1.54) is 36.4 Å². The number of esters is 2. The lowest BCUT2D eigenvalue weighted by atomic mass is 9.94. The van der Waals surface area contributed by atoms with Crippen LogP contribution in [0.3, 0.4) is 0 Å². The van der Waals surface area contributed by atoms with Crippen LogP contribution in [0.15, 0.2) is 60.7 Å². The molecule has 9 nitrogen and oxygen atoms in total. The Morgan fingerprint density at radius 1 is 0.696 bits per heavy atom. The molecule has 2 unspecified atom stereocenters. The molecule has 0 radical (unpaired) electrons. The molecule has 0 fully saturated rings. The Balaban J connectivity index is 2.23. The fraction of sp³-hybridized carbons (Fsp3) is 0.314. The molecule has 0 saturated heterocycles. The van der Waals surface area contributed by atoms with E-state index in [9.17, 15) is 38.2 Å². The summed E-state index contributed by atoms with van der Waals surface area (Å²) >= 11 is 0. The standard InChI is InChI=1S/C35H37F2NO8/c1-21(2)38-30(15-13-26(39)17-28(41)19-32(43)45-3)34(22-5-9-24(36)10-6-22)35(23-7-11-25(37)12-8-23)31(38)16-14-27(40)18-29(42)20-33(44)46-4/h5-16,21,26-27,39-40H,17-20H2,1-4H3/b15-13+,16-14+. The molecule has 1 aromatic heterocycles. The van der Waals surface area contributed by atoms with E-state index >= 15 is 0 Å². The highest BCUT2D eigenvalue weighted by atomic mass is 19.1. The van der Waals surface area contributed by atoms with Gasteiger partial charge in [-0.25, -0.2) is 8.78 Å². The molecule has 0 aliphatic rings. The zero-order valence-electron chi connectivity index (χ0n) is 26.0. The number of carbonyl (C=O) groups is 4. The summed E-state index contributed by atoms with van der Waals surface area (Å²) in [5, 5.41) is 21.4. The minimum atomic E-state index is -1.26. The largest absolute Gasteiger partial charge is 0.469 e. The number of halogens is 2. The Labute approximate surface area is 265 Å². The summed E-state index contributed by atoms with van der Waals surface area (Å²) in [5.41, 5.74) is 3.41. The van der Waals surface area contributed by atoms with Crippen LogP contribution in [0.2, 0.25) is 0 Å². The van der Waals surface area contributed by atoms with Gasteiger partial charge in [0, 0.05) is 41.4 Å². The summed E-state index contributed by atoms with van der Waals surface area (Å²) in [7, 11) is 2.32. The van der Waals surface area contributed by atoms with E-state index < -0.39 is 60.2 Å². The minimum absolute atomic E-state index is 0.246. The topological polar surface area (TPSA) is 132 Å². The average Bonchev–Trinajstić information content (AvgIpc) is 3.33. The van der Waals surface area contributed by atoms with Gasteiger partial charge in [0.05, 0.1) is 26.4 Å². The number of carbonyl (C=O) groups excluding carboxylic acids is 4. The van der Waals surface area contributed by atoms with Gasteiger partial charge in [-0.05, 0) is 61.4 Å². The Morgan fingerprint density at radius 2 is 1.04 bits per heavy atom. The van der Waals surface area contributed by atoms with Crippen molar-refractivity contribution < 1.29 is 47.6 Å². The van der Waals surface area contributed by atoms with Gasteiger partial charge in [0.25, 0.3) is 0 Å². The van der Waals surface area contributed by atoms with Gasteiger partial charge in [-0.15, -0.1) is 0 Å². The summed E-state index contributed by atoms with van der Waals surface area (Å²) in [4.78, 5) is 47.5. The third-order valence-corrected chi connectivity index (χ3v) is 7.03. The van der Waals surface area contributed by atoms with Crippen LogP contribution in [0.25, 0.3) is 34.4 Å². The summed E-state index contributed by atoms with van der Waals surface area (Å²) < 4.78 is 39.0. The van der Waals surface area contributed by atoms with Crippen LogP contribution in [-0.4, -0.2) is 64.7 Å². The number of benzene rings is 2. The Bertz CT molecular complexity index is 1490. The van der Waals surface area contributed by atoms with Gasteiger partial charge in [-0.1, -0.05) is 36.4 Å². The maximum absolute atomic E-state index is 14.0. The molecule has 3 aromatic rings. The van der Waals surface area contributed by atoms with E-state index in [1.807, 2.05) is 18.4 Å². The van der Waals surface area contributed by atoms with Crippen molar-refractivity contribution in [2.75, 3.05) is 14.2 Å². The molecule has 0 bridgehead atoms. The van der Waals surface area contributed by atoms with Crippen molar-refractivity contribution >= 4 is 35.7 Å². The first-order valence-corrected chi connectivity index (χ1v) is 14.5. The van der Waals surface area contributed by atoms with Crippen LogP contribution in [0.4, 0.5) is 8.78 Å². The molecule has 0 aliphatic heterocycles. The number of hydrogen-bond acceptors (Lipinski definition) is 8. The van der Waals surface area contributed by atoms with Gasteiger partial charge in [-0.2, -0.15) is 0 Å². The maximum Gasteiger partial charge on any atom is 0.313 e. The van der Waals surface area contributed by atoms with Crippen molar-refractivity contribution in [2.45, 2.75) is 57.8 Å². The number of aromatic nitrogens is 1. The van der Waals surface area contributed by atoms with Crippen LogP contribution >= 0.6 is 0 Å². The Morgan fingerprint density at radius 3 is 1.35 bits per heavy atom. The number of hydrogen-bond donors (Lipinski definition) is 2. The maximum atomic E-state index is 14.0. The van der Waals surface area contributed by atoms with E-state index in [1.54, 1.807) is 36.4 Å². The molecule has 0 amide bonds. The van der Waals surface area contributed by atoms with E-state index in [-0.39, 0.29) is 18.9 Å². The van der Waals surface area contributed by atoms with E-state index in [2.05, 4.69) is 9.47 Å². The predicted octanol–water partition coefficient (Wildman–Crippen LogP) is 5.47. The molecule has 0 saturated carbocycles. The van der Waals surface area contributed by atoms with Crippen molar-refractivity contribution in [2.24, 2.45) is 0 Å². The third-order valence-electron chi connectivity index (χ3n) is 7.03. The normalized spacial score (nSPS) is 12.9. The number of aliphatic hydroxyl groups is 2. The summed E-state index contributed by atoms with van der Waals surface area (Å²) in [6.07, 6.45) is 1.83. The van der Waals surface area contributed by atoms with Crippen molar-refractivity contribution in [3.05, 3.63) is 83.7 Å². The molecule has 46 heavy (non-hydrogen) atoms. The quantitative estimate of drug-likeness (QED) is 0.166. The first kappa shape index (κ1) is 35.7. The van der Waals surface area contributed by atoms with Crippen molar-refractivity contribution in [1.29, 1.82) is 0 Å². The molecule has 2 N–H and O–H groups in total. The highest BCUT2D eigenvalue weighted by Crippen LogP contribution is 2.43. The highest BCUT2D eigenvalue weighted by Gasteiger charge is 2.25. The molecular weight excluding hydrogens is 600 g/mol. The predicted molar refractivity (Wildman–Crippen MR) is 168 cm³/mol. The second-order valence-corrected chi connectivity index (χ2v) is 10.8. The summed E-state index contributed by atoms with van der Waals surface area (Å²) in [6, 6.07) is 11.2. The Hall–Kier alpha value is -4.74. The average molecular weight is 638 g/mol. The number of methoxy groups -OCH3 is 2. The van der Waals surface area contributed by atoms with Crippen LogP contribution in [-0.2, 0) is 28.7 Å². The molecule has 0 aliphatic carbocycles. The van der Waals surface area contributed by atoms with Crippen LogP contribution in [0.5, 0.6) is 0 Å². The molecule has 2 aromatic carbocycles. The molecular formula is C35H37F2NO8. The SMILES string of the molecule is COC(=O)CC(=O)CC(O)/C=C/c1c(-c2ccc(F)cc2)c(-c2ccc(F)cc2)c(/C=C/C(O)CC(=O)CC(=O)OC)n1C(C)C. The smallest absolute Gasteiger partial charge is 0.313 e. The van der Waals surface area contributed by atoms with Gasteiger partial charge in [0.1, 0.15) is 36.0 Å². The lowest BCUT2D eigenvalue weighted by molar-refractivity contribution is -0.145. The fourth-order valence-corrected chi connectivity index (χ4v) is 4.95. The fourth-order valence-electron chi connectivity index (χ4n) is 4.95. The Kier molecular flexibility index (Phi) is 12.8. The highest BCUT2D eigenvalue weighted by molar-refractivity contribution is 5.97.